The van der Waals surface area contributed by atoms with Crippen LogP contribution in [0.5, 0.6) is 0 Å². The summed E-state index contributed by atoms with van der Waals surface area (Å²) in [6.07, 6.45) is -16.3. The molecule has 382 valence electrons. The van der Waals surface area contributed by atoms with Crippen molar-refractivity contribution in [1.82, 2.24) is 0 Å². The number of carboxylic acids is 1. The van der Waals surface area contributed by atoms with Gasteiger partial charge in [0.1, 0.15) is 67.1 Å². The maximum Gasteiger partial charge on any atom is 0.315 e. The van der Waals surface area contributed by atoms with Crippen LogP contribution in [-0.2, 0) is 38.0 Å². The molecule has 4 saturated carbocycles. The second-order valence-electron chi connectivity index (χ2n) is 22.8. The van der Waals surface area contributed by atoms with E-state index in [9.17, 15) is 65.8 Å². The Morgan fingerprint density at radius 2 is 1.24 bits per heavy atom. The fourth-order valence-corrected chi connectivity index (χ4v) is 15.4. The lowest BCUT2D eigenvalue weighted by atomic mass is 9.33. The van der Waals surface area contributed by atoms with Crippen molar-refractivity contribution >= 4 is 11.9 Å². The van der Waals surface area contributed by atoms with Gasteiger partial charge in [0.25, 0.3) is 0 Å². The molecular formula is C48H76O19. The Labute approximate surface area is 391 Å². The van der Waals surface area contributed by atoms with E-state index in [1.807, 2.05) is 0 Å². The van der Waals surface area contributed by atoms with Crippen molar-refractivity contribution in [2.24, 2.45) is 56.7 Å². The number of aliphatic hydroxyl groups is 10. The van der Waals surface area contributed by atoms with Crippen molar-refractivity contribution in [2.75, 3.05) is 13.2 Å². The van der Waals surface area contributed by atoms with Crippen LogP contribution >= 0.6 is 0 Å². The first kappa shape index (κ1) is 51.4. The molecule has 19 nitrogen and oxygen atoms in total. The average molecular weight is 957 g/mol. The maximum absolute atomic E-state index is 14.7. The molecule has 19 heteroatoms. The molecule has 8 aliphatic rings. The molecule has 3 heterocycles. The molecule has 0 aromatic rings. The molecule has 2 unspecified atom stereocenters. The largest absolute Gasteiger partial charge is 0.481 e. The molecule has 25 atom stereocenters. The summed E-state index contributed by atoms with van der Waals surface area (Å²) in [5.41, 5.74) is -3.35. The maximum atomic E-state index is 14.7. The van der Waals surface area contributed by atoms with Crippen molar-refractivity contribution < 1.29 is 94.2 Å². The van der Waals surface area contributed by atoms with Crippen LogP contribution in [0.2, 0.25) is 0 Å². The molecule has 11 N–H and O–H groups in total. The average Bonchev–Trinajstić information content (AvgIpc) is 3.28. The second-order valence-corrected chi connectivity index (χ2v) is 22.8. The topological polar surface area (TPSA) is 312 Å². The normalized spacial score (nSPS) is 54.0. The van der Waals surface area contributed by atoms with Gasteiger partial charge in [0.15, 0.2) is 12.6 Å². The van der Waals surface area contributed by atoms with Crippen molar-refractivity contribution in [1.29, 1.82) is 0 Å². The number of rotatable bonds is 9. The Kier molecular flexibility index (Phi) is 14.0. The minimum Gasteiger partial charge on any atom is -0.481 e. The number of carbonyl (C=O) groups excluding carboxylic acids is 1. The third kappa shape index (κ3) is 7.70. The molecule has 3 aliphatic heterocycles. The number of allylic oxidation sites excluding steroid dienone is 1. The van der Waals surface area contributed by atoms with E-state index in [4.69, 9.17) is 28.4 Å². The van der Waals surface area contributed by atoms with Gasteiger partial charge >= 0.3 is 11.9 Å². The van der Waals surface area contributed by atoms with Crippen molar-refractivity contribution in [3.8, 4) is 0 Å². The zero-order valence-electron chi connectivity index (χ0n) is 39.7. The van der Waals surface area contributed by atoms with Crippen molar-refractivity contribution in [2.45, 2.75) is 204 Å². The first-order valence-corrected chi connectivity index (χ1v) is 24.5. The summed E-state index contributed by atoms with van der Waals surface area (Å²) in [4.78, 5) is 29.1. The number of aliphatic hydroxyl groups excluding tert-OH is 10. The highest BCUT2D eigenvalue weighted by molar-refractivity contribution is 5.85. The third-order valence-corrected chi connectivity index (χ3v) is 19.4. The molecule has 0 amide bonds. The molecule has 0 bridgehead atoms. The van der Waals surface area contributed by atoms with E-state index in [0.29, 0.717) is 44.9 Å². The number of carboxylic acid groups (broad SMARTS) is 1. The molecule has 67 heavy (non-hydrogen) atoms. The molecule has 0 aromatic carbocycles. The number of esters is 1. The number of hydrogen-bond acceptors (Lipinski definition) is 18. The van der Waals surface area contributed by atoms with E-state index in [2.05, 4.69) is 47.6 Å². The number of fused-ring (bicyclic) bond motifs is 7. The van der Waals surface area contributed by atoms with Crippen molar-refractivity contribution in [3.05, 3.63) is 11.6 Å². The van der Waals surface area contributed by atoms with Crippen LogP contribution in [0.25, 0.3) is 0 Å². The highest BCUT2D eigenvalue weighted by atomic mass is 16.7. The SMILES string of the molecule is C[C@H]1[C@H](C)CC[C@]2(C(=O)O[C@@H]3O[C@H](CO)[C@@H](O)[C@H](O)[C@H]3O)CC[C@]3(C(=O)O)C(=CCC4[C@@]5(C)CC[C@H](O[C@@H]6O[C@H](C)[C@H](O[C@@H]7O[C@H](CO)[C@@H](O)[C@H](O)[C@H]7O)[C@H](O)[C@H]6O)C(C)(C)C5CC[C@]43C)[C@H]12. The van der Waals surface area contributed by atoms with Gasteiger partial charge in [-0.15, -0.1) is 0 Å². The Morgan fingerprint density at radius 3 is 1.85 bits per heavy atom. The summed E-state index contributed by atoms with van der Waals surface area (Å²) >= 11 is 0. The summed E-state index contributed by atoms with van der Waals surface area (Å²) in [5.74, 6) is -2.10. The number of carbonyl (C=O) groups is 2. The lowest BCUT2D eigenvalue weighted by molar-refractivity contribution is -0.364. The Morgan fingerprint density at radius 1 is 0.657 bits per heavy atom. The van der Waals surface area contributed by atoms with Crippen LogP contribution in [0.4, 0.5) is 0 Å². The predicted octanol–water partition coefficient (Wildman–Crippen LogP) is 0.0887. The van der Waals surface area contributed by atoms with E-state index in [1.165, 1.54) is 0 Å². The minimum absolute atomic E-state index is 0.0350. The third-order valence-electron chi connectivity index (χ3n) is 19.4. The van der Waals surface area contributed by atoms with Crippen LogP contribution in [0.1, 0.15) is 106 Å². The Balaban J connectivity index is 1.03. The second kappa shape index (κ2) is 18.3. The van der Waals surface area contributed by atoms with Gasteiger partial charge in [-0.05, 0) is 111 Å². The van der Waals surface area contributed by atoms with E-state index < -0.39 is 151 Å². The number of ether oxygens (including phenoxy) is 6. The molecule has 8 rings (SSSR count). The monoisotopic (exact) mass is 956 g/mol. The van der Waals surface area contributed by atoms with E-state index >= 15 is 0 Å². The van der Waals surface area contributed by atoms with E-state index in [0.717, 1.165) is 5.57 Å². The fourth-order valence-electron chi connectivity index (χ4n) is 15.4. The zero-order chi connectivity index (χ0) is 49.1. The summed E-state index contributed by atoms with van der Waals surface area (Å²) in [6.45, 7) is 13.1. The Hall–Kier alpha value is -1.92. The van der Waals surface area contributed by atoms with Gasteiger partial charge in [0, 0.05) is 0 Å². The summed E-state index contributed by atoms with van der Waals surface area (Å²) in [7, 11) is 0. The van der Waals surface area contributed by atoms with Gasteiger partial charge < -0.3 is 84.6 Å². The van der Waals surface area contributed by atoms with Crippen LogP contribution in [0, 0.1) is 56.7 Å². The van der Waals surface area contributed by atoms with E-state index in [1.54, 1.807) is 6.92 Å². The smallest absolute Gasteiger partial charge is 0.315 e. The predicted molar refractivity (Wildman–Crippen MR) is 231 cm³/mol. The van der Waals surface area contributed by atoms with Crippen molar-refractivity contribution in [3.63, 3.8) is 0 Å². The van der Waals surface area contributed by atoms with Gasteiger partial charge in [-0.25, -0.2) is 0 Å². The lowest BCUT2D eigenvalue weighted by Crippen LogP contribution is -2.68. The first-order chi connectivity index (χ1) is 31.4. The summed E-state index contributed by atoms with van der Waals surface area (Å²) in [5, 5.41) is 117. The van der Waals surface area contributed by atoms with Crippen LogP contribution in [0.3, 0.4) is 0 Å². The van der Waals surface area contributed by atoms with Gasteiger partial charge in [-0.3, -0.25) is 9.59 Å². The van der Waals surface area contributed by atoms with Crippen LogP contribution in [-0.4, -0.2) is 180 Å². The van der Waals surface area contributed by atoms with Gasteiger partial charge in [-0.1, -0.05) is 53.2 Å². The first-order valence-electron chi connectivity index (χ1n) is 24.5. The zero-order valence-corrected chi connectivity index (χ0v) is 39.7. The summed E-state index contributed by atoms with van der Waals surface area (Å²) < 4.78 is 35.6. The van der Waals surface area contributed by atoms with Gasteiger partial charge in [0.05, 0.1) is 36.3 Å². The lowest BCUT2D eigenvalue weighted by Gasteiger charge is -2.70. The van der Waals surface area contributed by atoms with E-state index in [-0.39, 0.29) is 41.9 Å². The number of hydrogen-bond donors (Lipinski definition) is 11. The van der Waals surface area contributed by atoms with Crippen LogP contribution < -0.4 is 0 Å². The highest BCUT2D eigenvalue weighted by Crippen LogP contribution is 2.76. The quantitative estimate of drug-likeness (QED) is 0.0829. The molecule has 0 aromatic heterocycles. The fraction of sp³-hybridized carbons (Fsp3) is 0.917. The van der Waals surface area contributed by atoms with Gasteiger partial charge in [0.2, 0.25) is 6.29 Å². The van der Waals surface area contributed by atoms with Gasteiger partial charge in [-0.2, -0.15) is 0 Å². The standard InChI is InChI=1S/C48H76O19/c1-20-10-15-47(43(61)67-41-36(57)33(54)31(52)25(19-50)64-41)16-17-48(42(59)60)23(29(47)21(20)2)8-9-27-45(6)13-12-28(44(4,5)26(45)11-14-46(27,48)7)65-39-37(58)34(55)38(22(3)62-39)66-40-35(56)32(53)30(51)24(18-49)63-40/h8,20-22,24-41,49-58H,9-19H2,1-7H3,(H,59,60)/t20-,21+,22-,24-,25-,26?,27?,28+,29+,30-,31-,32+,33+,34-,35-,36-,37-,38+,39+,40+,41+,45+,46-,47+,48-/m1/s1. The minimum atomic E-state index is -1.78. The molecule has 0 spiro atoms. The Bertz CT molecular complexity index is 1860. The number of aliphatic carboxylic acids is 1. The van der Waals surface area contributed by atoms with Crippen LogP contribution in [0.15, 0.2) is 11.6 Å². The molecule has 0 radical (unpaired) electrons. The molecule has 3 saturated heterocycles. The highest BCUT2D eigenvalue weighted by Gasteiger charge is 2.74. The molecule has 5 aliphatic carbocycles. The molecule has 7 fully saturated rings. The summed E-state index contributed by atoms with van der Waals surface area (Å²) in [6, 6.07) is 0. The molecular weight excluding hydrogens is 881 g/mol.